The molecule has 33 heavy (non-hydrogen) atoms. The third-order valence-corrected chi connectivity index (χ3v) is 6.61. The zero-order valence-corrected chi connectivity index (χ0v) is 20.2. The predicted octanol–water partition coefficient (Wildman–Crippen LogP) is 5.36. The fraction of sp³-hybridized carbons (Fsp3) is 0.280. The molecule has 3 aromatic rings. The Hall–Kier alpha value is -2.90. The van der Waals surface area contributed by atoms with E-state index in [9.17, 15) is 9.59 Å². The van der Waals surface area contributed by atoms with Crippen molar-refractivity contribution in [1.29, 1.82) is 0 Å². The highest BCUT2D eigenvalue weighted by molar-refractivity contribution is 7.98. The highest BCUT2D eigenvalue weighted by Crippen LogP contribution is 2.31. The van der Waals surface area contributed by atoms with E-state index in [2.05, 4.69) is 0 Å². The van der Waals surface area contributed by atoms with Crippen molar-refractivity contribution in [1.82, 2.24) is 4.57 Å². The van der Waals surface area contributed by atoms with Gasteiger partial charge in [0.05, 0.1) is 17.1 Å². The van der Waals surface area contributed by atoms with Gasteiger partial charge in [-0.05, 0) is 56.5 Å². The molecular formula is C25H24ClNO5S. The molecule has 0 bridgehead atoms. The third kappa shape index (κ3) is 5.04. The number of aromatic nitrogens is 1. The van der Waals surface area contributed by atoms with Gasteiger partial charge >= 0.3 is 5.97 Å². The van der Waals surface area contributed by atoms with Gasteiger partial charge in [0.15, 0.2) is 24.2 Å². The molecule has 0 aliphatic carbocycles. The van der Waals surface area contributed by atoms with Crippen molar-refractivity contribution in [2.45, 2.75) is 31.4 Å². The summed E-state index contributed by atoms with van der Waals surface area (Å²) in [7, 11) is 0. The first-order valence-electron chi connectivity index (χ1n) is 10.5. The molecule has 1 aliphatic rings. The van der Waals surface area contributed by atoms with Crippen LogP contribution in [0, 0.1) is 13.8 Å². The lowest BCUT2D eigenvalue weighted by Crippen LogP contribution is -2.33. The predicted molar refractivity (Wildman–Crippen MR) is 128 cm³/mol. The van der Waals surface area contributed by atoms with Crippen LogP contribution in [0.5, 0.6) is 11.5 Å². The first-order chi connectivity index (χ1) is 15.9. The molecule has 1 aliphatic heterocycles. The Bertz CT molecular complexity index is 1210. The Balaban J connectivity index is 1.42. The monoisotopic (exact) mass is 485 g/mol. The molecule has 0 spiro atoms. The zero-order valence-electron chi connectivity index (χ0n) is 18.6. The highest BCUT2D eigenvalue weighted by Gasteiger charge is 2.24. The Morgan fingerprint density at radius 1 is 1.12 bits per heavy atom. The van der Waals surface area contributed by atoms with Crippen LogP contribution in [-0.4, -0.2) is 41.9 Å². The lowest BCUT2D eigenvalue weighted by atomic mass is 10.1. The number of para-hydroxylation sites is 2. The van der Waals surface area contributed by atoms with Crippen LogP contribution in [0.3, 0.4) is 0 Å². The van der Waals surface area contributed by atoms with Gasteiger partial charge in [-0.1, -0.05) is 23.7 Å². The van der Waals surface area contributed by atoms with Crippen LogP contribution in [0.1, 0.15) is 32.1 Å². The molecule has 2 heterocycles. The lowest BCUT2D eigenvalue weighted by molar-refractivity contribution is 0.0474. The topological polar surface area (TPSA) is 66.8 Å². The number of carbonyl (C=O) groups excluding carboxylic acids is 2. The number of ether oxygens (including phenoxy) is 3. The number of nitrogens with zero attached hydrogens (tertiary/aromatic N) is 1. The normalized spacial score (nSPS) is 14.7. The van der Waals surface area contributed by atoms with Crippen LogP contribution >= 0.6 is 23.4 Å². The molecule has 0 radical (unpaired) electrons. The van der Waals surface area contributed by atoms with Crippen LogP contribution < -0.4 is 9.47 Å². The molecular weight excluding hydrogens is 462 g/mol. The minimum absolute atomic E-state index is 0.184. The molecule has 8 heteroatoms. The second kappa shape index (κ2) is 9.93. The molecule has 6 nitrogen and oxygen atoms in total. The molecule has 172 valence electrons. The van der Waals surface area contributed by atoms with Crippen LogP contribution in [0.15, 0.2) is 53.4 Å². The highest BCUT2D eigenvalue weighted by atomic mass is 35.5. The number of benzene rings is 2. The quantitative estimate of drug-likeness (QED) is 0.255. The molecule has 2 aromatic carbocycles. The van der Waals surface area contributed by atoms with Crippen molar-refractivity contribution in [2.24, 2.45) is 0 Å². The van der Waals surface area contributed by atoms with Gasteiger partial charge in [0.1, 0.15) is 6.61 Å². The van der Waals surface area contributed by atoms with Crippen LogP contribution in [0.25, 0.3) is 0 Å². The molecule has 1 aromatic heterocycles. The van der Waals surface area contributed by atoms with Gasteiger partial charge in [-0.25, -0.2) is 4.79 Å². The summed E-state index contributed by atoms with van der Waals surface area (Å²) in [6.07, 6.45) is 1.72. The summed E-state index contributed by atoms with van der Waals surface area (Å²) in [6.45, 7) is 4.40. The van der Waals surface area contributed by atoms with E-state index in [1.54, 1.807) is 12.1 Å². The van der Waals surface area contributed by atoms with Crippen molar-refractivity contribution in [3.8, 4) is 11.5 Å². The largest absolute Gasteiger partial charge is 0.486 e. The SMILES string of the molecule is CSc1ccc(Cl)c(C(=O)OCC(=O)c2cc(C)n(C[C@@H]3COc4ccccc4O3)c2C)c1. The molecule has 0 N–H and O–H groups in total. The van der Waals surface area contributed by atoms with Gasteiger partial charge < -0.3 is 18.8 Å². The van der Waals surface area contributed by atoms with Gasteiger partial charge in [-0.3, -0.25) is 4.79 Å². The number of fused-ring (bicyclic) bond motifs is 1. The number of halogens is 1. The first-order valence-corrected chi connectivity index (χ1v) is 12.1. The molecule has 0 saturated carbocycles. The number of hydrogen-bond acceptors (Lipinski definition) is 6. The van der Waals surface area contributed by atoms with Crippen molar-refractivity contribution in [2.75, 3.05) is 19.5 Å². The zero-order chi connectivity index (χ0) is 23.5. The first kappa shape index (κ1) is 23.3. The van der Waals surface area contributed by atoms with Gasteiger partial charge in [0.2, 0.25) is 5.78 Å². The summed E-state index contributed by atoms with van der Waals surface area (Å²) in [5, 5.41) is 0.291. The summed E-state index contributed by atoms with van der Waals surface area (Å²) < 4.78 is 19.2. The van der Waals surface area contributed by atoms with Crippen LogP contribution in [-0.2, 0) is 11.3 Å². The second-order valence-corrected chi connectivity index (χ2v) is 9.02. The van der Waals surface area contributed by atoms with E-state index >= 15 is 0 Å². The molecule has 0 amide bonds. The number of rotatable bonds is 7. The average molecular weight is 486 g/mol. The van der Waals surface area contributed by atoms with Gasteiger partial charge in [-0.15, -0.1) is 11.8 Å². The van der Waals surface area contributed by atoms with E-state index in [1.807, 2.05) is 61.1 Å². The Morgan fingerprint density at radius 2 is 1.88 bits per heavy atom. The number of hydrogen-bond donors (Lipinski definition) is 0. The number of thioether (sulfide) groups is 1. The van der Waals surface area contributed by atoms with E-state index in [1.165, 1.54) is 11.8 Å². The third-order valence-electron chi connectivity index (χ3n) is 5.56. The summed E-state index contributed by atoms with van der Waals surface area (Å²) >= 11 is 7.63. The van der Waals surface area contributed by atoms with E-state index < -0.39 is 5.97 Å². The Labute approximate surface area is 201 Å². The van der Waals surface area contributed by atoms with Crippen LogP contribution in [0.2, 0.25) is 5.02 Å². The fourth-order valence-electron chi connectivity index (χ4n) is 3.80. The summed E-state index contributed by atoms with van der Waals surface area (Å²) in [4.78, 5) is 26.2. The van der Waals surface area contributed by atoms with Gasteiger partial charge in [0, 0.05) is 21.8 Å². The molecule has 4 rings (SSSR count). The van der Waals surface area contributed by atoms with Crippen molar-refractivity contribution >= 4 is 35.1 Å². The Kier molecular flexibility index (Phi) is 7.00. The summed E-state index contributed by atoms with van der Waals surface area (Å²) in [5.74, 6) is 0.551. The molecule has 0 saturated heterocycles. The van der Waals surface area contributed by atoms with Crippen molar-refractivity contribution < 1.29 is 23.8 Å². The number of esters is 1. The smallest absolute Gasteiger partial charge is 0.340 e. The Morgan fingerprint density at radius 3 is 2.64 bits per heavy atom. The molecule has 1 atom stereocenters. The molecule has 0 unspecified atom stereocenters. The number of carbonyl (C=O) groups is 2. The van der Waals surface area contributed by atoms with Crippen molar-refractivity contribution in [3.63, 3.8) is 0 Å². The van der Waals surface area contributed by atoms with E-state index in [4.69, 9.17) is 25.8 Å². The molecule has 0 fully saturated rings. The van der Waals surface area contributed by atoms with Gasteiger partial charge in [-0.2, -0.15) is 0 Å². The second-order valence-electron chi connectivity index (χ2n) is 7.74. The fourth-order valence-corrected chi connectivity index (χ4v) is 4.43. The van der Waals surface area contributed by atoms with Crippen LogP contribution in [0.4, 0.5) is 0 Å². The summed E-state index contributed by atoms with van der Waals surface area (Å²) in [6, 6.07) is 14.5. The number of aryl methyl sites for hydroxylation is 1. The van der Waals surface area contributed by atoms with E-state index in [-0.39, 0.29) is 24.1 Å². The summed E-state index contributed by atoms with van der Waals surface area (Å²) in [5.41, 5.74) is 2.47. The maximum absolute atomic E-state index is 12.8. The number of ketones is 1. The standard InChI is InChI=1S/C25H24ClNO5S/c1-15-10-19(22(28)14-31-25(29)20-11-18(33-3)8-9-21(20)26)16(2)27(15)12-17-13-30-23-6-4-5-7-24(23)32-17/h4-11,17H,12-14H2,1-3H3/t17-/m1/s1. The minimum atomic E-state index is -0.621. The van der Waals surface area contributed by atoms with E-state index in [0.29, 0.717) is 29.5 Å². The van der Waals surface area contributed by atoms with Gasteiger partial charge in [0.25, 0.3) is 0 Å². The maximum Gasteiger partial charge on any atom is 0.340 e. The minimum Gasteiger partial charge on any atom is -0.486 e. The van der Waals surface area contributed by atoms with E-state index in [0.717, 1.165) is 22.0 Å². The lowest BCUT2D eigenvalue weighted by Gasteiger charge is -2.27. The van der Waals surface area contributed by atoms with Crippen molar-refractivity contribution in [3.05, 3.63) is 76.1 Å². The maximum atomic E-state index is 12.8. The average Bonchev–Trinajstić information content (AvgIpc) is 3.11. The number of Topliss-reactive ketones (excluding diaryl/α,β-unsaturated/α-hetero) is 1.